The first-order valence-electron chi connectivity index (χ1n) is 16.7. The number of piperazine rings is 1. The van der Waals surface area contributed by atoms with Crippen LogP contribution in [-0.4, -0.2) is 63.4 Å². The third-order valence-corrected chi connectivity index (χ3v) is 9.92. The largest absolute Gasteiger partial charge is 0.392 e. The maximum atomic E-state index is 12.1. The Balaban J connectivity index is 1.19. The number of aliphatic hydroxyl groups is 1. The minimum absolute atomic E-state index is 0.000758. The minimum atomic E-state index is -2.02. The van der Waals surface area contributed by atoms with Crippen molar-refractivity contribution in [3.63, 3.8) is 0 Å². The summed E-state index contributed by atoms with van der Waals surface area (Å²) in [5.74, 6) is -0.573. The van der Waals surface area contributed by atoms with E-state index in [1.165, 1.54) is 5.56 Å². The fraction of sp³-hybridized carbons (Fsp3) is 0.359. The van der Waals surface area contributed by atoms with Crippen molar-refractivity contribution in [2.45, 2.75) is 48.9 Å². The van der Waals surface area contributed by atoms with Gasteiger partial charge >= 0.3 is 0 Å². The quantitative estimate of drug-likeness (QED) is 0.166. The van der Waals surface area contributed by atoms with Gasteiger partial charge in [0.25, 0.3) is 9.70 Å². The van der Waals surface area contributed by atoms with Gasteiger partial charge < -0.3 is 19.9 Å². The average Bonchev–Trinajstić information content (AvgIpc) is 3.12. The smallest absolute Gasteiger partial charge is 0.272 e. The van der Waals surface area contributed by atoms with Crippen LogP contribution in [0.5, 0.6) is 0 Å². The van der Waals surface area contributed by atoms with E-state index in [0.29, 0.717) is 0 Å². The lowest BCUT2D eigenvalue weighted by Crippen LogP contribution is -2.51. The fourth-order valence-electron chi connectivity index (χ4n) is 6.56. The van der Waals surface area contributed by atoms with E-state index in [2.05, 4.69) is 70.6 Å². The number of aliphatic hydroxyl groups excluding tert-OH is 1. The van der Waals surface area contributed by atoms with E-state index in [4.69, 9.17) is 44.3 Å². The molecule has 4 aromatic rings. The second kappa shape index (κ2) is 16.4. The van der Waals surface area contributed by atoms with Crippen molar-refractivity contribution in [1.29, 1.82) is 0 Å². The first-order chi connectivity index (χ1) is 23.7. The molecule has 2 heterocycles. The molecule has 10 heteroatoms. The van der Waals surface area contributed by atoms with E-state index in [0.717, 1.165) is 72.6 Å². The fourth-order valence-corrected chi connectivity index (χ4v) is 6.76. The summed E-state index contributed by atoms with van der Waals surface area (Å²) in [5, 5.41) is 12.3. The van der Waals surface area contributed by atoms with Crippen molar-refractivity contribution < 1.29 is 19.4 Å². The number of hydrogen-bond acceptors (Lipinski definition) is 6. The first-order valence-corrected chi connectivity index (χ1v) is 17.8. The van der Waals surface area contributed by atoms with Crippen molar-refractivity contribution >= 4 is 40.7 Å². The molecule has 2 saturated heterocycles. The van der Waals surface area contributed by atoms with Gasteiger partial charge in [-0.3, -0.25) is 14.6 Å². The summed E-state index contributed by atoms with van der Waals surface area (Å²) in [6.07, 6.45) is -0.824. The molecule has 2 aliphatic heterocycles. The zero-order chi connectivity index (χ0) is 34.4. The molecule has 1 amide bonds. The van der Waals surface area contributed by atoms with Gasteiger partial charge in [0.1, 0.15) is 0 Å². The Bertz CT molecular complexity index is 1680. The highest BCUT2D eigenvalue weighted by Gasteiger charge is 2.39. The van der Waals surface area contributed by atoms with Gasteiger partial charge in [-0.2, -0.15) is 0 Å². The molecule has 49 heavy (non-hydrogen) atoms. The maximum absolute atomic E-state index is 12.1. The molecule has 2 aliphatic rings. The lowest BCUT2D eigenvalue weighted by Gasteiger charge is -2.44. The van der Waals surface area contributed by atoms with Crippen LogP contribution in [0.2, 0.25) is 0 Å². The van der Waals surface area contributed by atoms with Gasteiger partial charge in [0.05, 0.1) is 18.8 Å². The zero-order valence-electron chi connectivity index (χ0n) is 27.5. The summed E-state index contributed by atoms with van der Waals surface area (Å²) in [7, 11) is 0. The molecule has 0 spiro atoms. The number of halogens is 3. The molecule has 0 radical (unpaired) electrons. The molecule has 0 saturated carbocycles. The summed E-state index contributed by atoms with van der Waals surface area (Å²) >= 11 is 17.2. The first kappa shape index (κ1) is 35.8. The maximum Gasteiger partial charge on any atom is 0.272 e. The highest BCUT2D eigenvalue weighted by molar-refractivity contribution is 6.76. The Morgan fingerprint density at radius 1 is 0.776 bits per heavy atom. The number of benzene rings is 4. The van der Waals surface area contributed by atoms with Crippen molar-refractivity contribution in [2.24, 2.45) is 5.92 Å². The topological polar surface area (TPSA) is 74.3 Å². The molecule has 6 rings (SSSR count). The van der Waals surface area contributed by atoms with Gasteiger partial charge in [-0.1, -0.05) is 133 Å². The van der Waals surface area contributed by atoms with Crippen LogP contribution < -0.4 is 5.32 Å². The molecular weight excluding hydrogens is 681 g/mol. The molecular formula is C39H42Cl3N3O4. The molecule has 0 aromatic heterocycles. The molecule has 2 N–H and O–H groups in total. The van der Waals surface area contributed by atoms with Crippen LogP contribution in [0.25, 0.3) is 11.1 Å². The number of hydrogen-bond donors (Lipinski definition) is 2. The summed E-state index contributed by atoms with van der Waals surface area (Å²) in [4.78, 5) is 17.1. The molecule has 7 nitrogen and oxygen atoms in total. The third-order valence-electron chi connectivity index (χ3n) is 9.41. The number of nitrogens with one attached hydrogen (secondary N) is 1. The van der Waals surface area contributed by atoms with Gasteiger partial charge in [0.15, 0.2) is 6.29 Å². The van der Waals surface area contributed by atoms with Gasteiger partial charge in [-0.25, -0.2) is 0 Å². The molecule has 0 aliphatic carbocycles. The van der Waals surface area contributed by atoms with Crippen LogP contribution in [0.1, 0.15) is 47.1 Å². The van der Waals surface area contributed by atoms with Crippen LogP contribution in [0.3, 0.4) is 0 Å². The highest BCUT2D eigenvalue weighted by Crippen LogP contribution is 2.42. The number of carbonyl (C=O) groups excluding carboxylic acids is 1. The Hall–Kier alpha value is -2.98. The van der Waals surface area contributed by atoms with Gasteiger partial charge in [-0.15, -0.1) is 0 Å². The summed E-state index contributed by atoms with van der Waals surface area (Å²) in [6, 6.07) is 34.8. The van der Waals surface area contributed by atoms with E-state index in [-0.39, 0.29) is 31.3 Å². The standard InChI is InChI=1S/C39H42Cl3N3O4/c1-27-35(25-45-19-17-44(18-20-45)24-28-7-3-2-4-8-28)48-37(49-36(27)31-15-13-29(26-46)14-16-31)34-12-6-11-33(22-34)32-10-5-9-30(21-32)23-43-38(47)39(40,41)42/h2-16,21-22,27,35-37,46H,17-20,23-26H2,1H3,(H,43,47)/t27-,35+,36+,37+/m1/s1. The van der Waals surface area contributed by atoms with Crippen molar-refractivity contribution in [2.75, 3.05) is 32.7 Å². The van der Waals surface area contributed by atoms with Crippen LogP contribution >= 0.6 is 34.8 Å². The van der Waals surface area contributed by atoms with E-state index >= 15 is 0 Å². The lowest BCUT2D eigenvalue weighted by molar-refractivity contribution is -0.276. The third kappa shape index (κ3) is 9.43. The van der Waals surface area contributed by atoms with E-state index in [9.17, 15) is 9.90 Å². The summed E-state index contributed by atoms with van der Waals surface area (Å²) in [5.41, 5.74) is 7.05. The number of carbonyl (C=O) groups is 1. The number of alkyl halides is 3. The lowest BCUT2D eigenvalue weighted by atomic mass is 9.89. The molecule has 4 atom stereocenters. The van der Waals surface area contributed by atoms with Crippen molar-refractivity contribution in [3.8, 4) is 11.1 Å². The summed E-state index contributed by atoms with van der Waals surface area (Å²) < 4.78 is 11.6. The van der Waals surface area contributed by atoms with Gasteiger partial charge in [0.2, 0.25) is 0 Å². The number of amides is 1. The normalized spacial score (nSPS) is 22.1. The van der Waals surface area contributed by atoms with Gasteiger partial charge in [0, 0.05) is 57.3 Å². The monoisotopic (exact) mass is 721 g/mol. The highest BCUT2D eigenvalue weighted by atomic mass is 35.6. The van der Waals surface area contributed by atoms with Gasteiger partial charge in [-0.05, 0) is 45.5 Å². The Morgan fingerprint density at radius 2 is 1.43 bits per heavy atom. The Labute approximate surface area is 303 Å². The second-order valence-corrected chi connectivity index (χ2v) is 15.2. The van der Waals surface area contributed by atoms with Crippen LogP contribution in [0.4, 0.5) is 0 Å². The van der Waals surface area contributed by atoms with E-state index < -0.39 is 16.0 Å². The number of nitrogens with zero attached hydrogens (tertiary/aromatic N) is 2. The zero-order valence-corrected chi connectivity index (χ0v) is 29.7. The molecule has 2 fully saturated rings. The van der Waals surface area contributed by atoms with E-state index in [1.54, 1.807) is 0 Å². The van der Waals surface area contributed by atoms with Crippen LogP contribution in [-0.2, 0) is 34.0 Å². The Morgan fingerprint density at radius 3 is 2.12 bits per heavy atom. The van der Waals surface area contributed by atoms with Crippen molar-refractivity contribution in [3.05, 3.63) is 131 Å². The van der Waals surface area contributed by atoms with E-state index in [1.807, 2.05) is 54.6 Å². The van der Waals surface area contributed by atoms with Crippen LogP contribution in [0.15, 0.2) is 103 Å². The molecule has 0 bridgehead atoms. The predicted molar refractivity (Wildman–Crippen MR) is 195 cm³/mol. The Kier molecular flexibility index (Phi) is 12.0. The molecule has 0 unspecified atom stereocenters. The minimum Gasteiger partial charge on any atom is -0.392 e. The second-order valence-electron chi connectivity index (χ2n) is 12.9. The van der Waals surface area contributed by atoms with Crippen LogP contribution in [0, 0.1) is 5.92 Å². The van der Waals surface area contributed by atoms with Crippen molar-refractivity contribution in [1.82, 2.24) is 15.1 Å². The molecule has 4 aromatic carbocycles. The molecule has 258 valence electrons. The SMILES string of the molecule is C[C@@H]1[C@H](CN2CCN(Cc3ccccc3)CC2)O[C@H](c2cccc(-c3cccc(CNC(=O)C(Cl)(Cl)Cl)c3)c2)O[C@@H]1c1ccc(CO)cc1. The summed E-state index contributed by atoms with van der Waals surface area (Å²) in [6.45, 7) is 8.20. The number of ether oxygens (including phenoxy) is 2. The predicted octanol–water partition coefficient (Wildman–Crippen LogP) is 7.44. The number of rotatable bonds is 10. The average molecular weight is 723 g/mol.